The molecule has 0 fully saturated rings. The van der Waals surface area contributed by atoms with E-state index in [1.54, 1.807) is 0 Å². The van der Waals surface area contributed by atoms with E-state index >= 15 is 26.3 Å². The summed E-state index contributed by atoms with van der Waals surface area (Å²) >= 11 is 0. The maximum atomic E-state index is 15.6. The first kappa shape index (κ1) is 29.9. The zero-order valence-corrected chi connectivity index (χ0v) is 20.8. The zero-order chi connectivity index (χ0) is 28.9. The highest BCUT2D eigenvalue weighted by Gasteiger charge is 2.61. The molecule has 38 heavy (non-hydrogen) atoms. The minimum atomic E-state index is -4.93. The van der Waals surface area contributed by atoms with Crippen molar-refractivity contribution in [3.05, 3.63) is 88.0 Å². The van der Waals surface area contributed by atoms with E-state index < -0.39 is 118 Å². The standard InChI is InChI=1S/C24H18BF12P/c1-4-38(5-2,6-3)25(16-19(32)10(26)7-11(27)20(16)33,17-21(34)12(28)8-13(29)22(17)35)18-23(36)14(30)9-15(31)24(18)37/h7-9H,4-6H2,1-3H3. The van der Waals surface area contributed by atoms with Crippen LogP contribution in [0.25, 0.3) is 0 Å². The molecule has 206 valence electrons. The molecule has 0 unspecified atom stereocenters. The van der Waals surface area contributed by atoms with Gasteiger partial charge in [0.25, 0.3) is 5.87 Å². The Morgan fingerprint density at radius 2 is 0.605 bits per heavy atom. The largest absolute Gasteiger partial charge is 0.263 e. The minimum Gasteiger partial charge on any atom is -0.207 e. The van der Waals surface area contributed by atoms with Crippen molar-refractivity contribution in [2.75, 3.05) is 18.5 Å². The average molecular weight is 576 g/mol. The summed E-state index contributed by atoms with van der Waals surface area (Å²) in [4.78, 5) is 0. The van der Waals surface area contributed by atoms with Gasteiger partial charge in [-0.25, -0.2) is 52.7 Å². The molecule has 0 spiro atoms. The summed E-state index contributed by atoms with van der Waals surface area (Å²) in [5.41, 5.74) is -6.11. The fourth-order valence-electron chi connectivity index (χ4n) is 5.62. The third kappa shape index (κ3) is 4.00. The maximum Gasteiger partial charge on any atom is 0.263 e. The molecule has 0 bridgehead atoms. The van der Waals surface area contributed by atoms with Crippen LogP contribution in [0, 0.1) is 69.8 Å². The number of rotatable bonds is 7. The van der Waals surface area contributed by atoms with Gasteiger partial charge in [0.1, 0.15) is 34.9 Å². The predicted molar refractivity (Wildman–Crippen MR) is 122 cm³/mol. The van der Waals surface area contributed by atoms with Crippen molar-refractivity contribution in [2.45, 2.75) is 20.8 Å². The van der Waals surface area contributed by atoms with Gasteiger partial charge >= 0.3 is 0 Å². The van der Waals surface area contributed by atoms with Crippen LogP contribution in [0.2, 0.25) is 0 Å². The molecule has 0 aromatic heterocycles. The van der Waals surface area contributed by atoms with Gasteiger partial charge in [0.05, 0.1) is 0 Å². The molecule has 14 heteroatoms. The van der Waals surface area contributed by atoms with E-state index in [0.29, 0.717) is 0 Å². The first-order valence-corrected chi connectivity index (χ1v) is 13.6. The Labute approximate surface area is 209 Å². The second kappa shape index (κ2) is 10.5. The Bertz CT molecular complexity index is 1180. The fraction of sp³-hybridized carbons (Fsp3) is 0.250. The van der Waals surface area contributed by atoms with Crippen molar-refractivity contribution in [2.24, 2.45) is 0 Å². The number of hydrogen-bond donors (Lipinski definition) is 0. The van der Waals surface area contributed by atoms with Crippen molar-refractivity contribution < 1.29 is 52.7 Å². The highest BCUT2D eigenvalue weighted by molar-refractivity contribution is 8.13. The summed E-state index contributed by atoms with van der Waals surface area (Å²) in [6, 6.07) is -0.968. The molecular weight excluding hydrogens is 558 g/mol. The summed E-state index contributed by atoms with van der Waals surface area (Å²) in [6.45, 7) is 3.67. The van der Waals surface area contributed by atoms with Crippen molar-refractivity contribution in [3.8, 4) is 0 Å². The van der Waals surface area contributed by atoms with Gasteiger partial charge in [-0.3, -0.25) is 0 Å². The third-order valence-corrected chi connectivity index (χ3v) is 13.6. The average Bonchev–Trinajstić information content (AvgIpc) is 2.86. The molecule has 3 rings (SSSR count). The zero-order valence-electron chi connectivity index (χ0n) is 19.9. The topological polar surface area (TPSA) is 0 Å². The first-order valence-electron chi connectivity index (χ1n) is 11.2. The second-order valence-corrected chi connectivity index (χ2v) is 13.7. The maximum absolute atomic E-state index is 15.6. The Morgan fingerprint density at radius 3 is 0.763 bits per heavy atom. The van der Waals surface area contributed by atoms with Crippen LogP contribution in [0.5, 0.6) is 0 Å². The highest BCUT2D eigenvalue weighted by Crippen LogP contribution is 2.65. The number of hydrogen-bond acceptors (Lipinski definition) is 0. The SMILES string of the molecule is CC[P+](CC)(CC)[B-](c1c(F)c(F)cc(F)c1F)(c1c(F)c(F)cc(F)c1F)c1c(F)c(F)cc(F)c1F. The van der Waals surface area contributed by atoms with Crippen LogP contribution in [0.1, 0.15) is 20.8 Å². The van der Waals surface area contributed by atoms with Crippen LogP contribution in [0.15, 0.2) is 18.2 Å². The van der Waals surface area contributed by atoms with Gasteiger partial charge in [-0.15, -0.1) is 7.14 Å². The molecule has 0 N–H and O–H groups in total. The van der Waals surface area contributed by atoms with E-state index in [2.05, 4.69) is 0 Å². The molecule has 0 amide bonds. The van der Waals surface area contributed by atoms with Crippen LogP contribution in [0.3, 0.4) is 0 Å². The lowest BCUT2D eigenvalue weighted by Crippen LogP contribution is -2.74. The quantitative estimate of drug-likeness (QED) is 0.132. The summed E-state index contributed by atoms with van der Waals surface area (Å²) in [6.07, 6.45) is -1.40. The van der Waals surface area contributed by atoms with Gasteiger partial charge in [-0.2, -0.15) is 0 Å². The monoisotopic (exact) mass is 576 g/mol. The molecule has 0 aliphatic rings. The molecule has 0 atom stereocenters. The summed E-state index contributed by atoms with van der Waals surface area (Å²) in [7, 11) is -4.00. The normalized spacial score (nSPS) is 12.4. The Morgan fingerprint density at radius 1 is 0.421 bits per heavy atom. The van der Waals surface area contributed by atoms with Crippen LogP contribution in [-0.4, -0.2) is 24.4 Å². The molecule has 3 aromatic carbocycles. The van der Waals surface area contributed by atoms with Gasteiger partial charge in [0, 0.05) is 36.7 Å². The van der Waals surface area contributed by atoms with Crippen molar-refractivity contribution >= 4 is 29.4 Å². The lowest BCUT2D eigenvalue weighted by atomic mass is 9.33. The molecule has 0 heterocycles. The van der Waals surface area contributed by atoms with Gasteiger partial charge in [-0.05, 0) is 20.8 Å². The molecule has 0 aliphatic carbocycles. The van der Waals surface area contributed by atoms with E-state index in [4.69, 9.17) is 0 Å². The van der Waals surface area contributed by atoms with Gasteiger partial charge < -0.3 is 0 Å². The van der Waals surface area contributed by atoms with Crippen LogP contribution >= 0.6 is 7.14 Å². The molecular formula is C24H18BF12P. The summed E-state index contributed by atoms with van der Waals surface area (Å²) < 4.78 is 181. The molecule has 0 aliphatic heterocycles. The highest BCUT2D eigenvalue weighted by atomic mass is 31.2. The lowest BCUT2D eigenvalue weighted by Gasteiger charge is -2.52. The molecule has 0 saturated carbocycles. The Kier molecular flexibility index (Phi) is 8.23. The Balaban J connectivity index is 2.99. The molecule has 0 radical (unpaired) electrons. The summed E-state index contributed by atoms with van der Waals surface area (Å²) in [5, 5.41) is 0. The predicted octanol–water partition coefficient (Wildman–Crippen LogP) is 6.40. The van der Waals surface area contributed by atoms with Gasteiger partial charge in [-0.1, -0.05) is 16.4 Å². The first-order chi connectivity index (χ1) is 17.7. The van der Waals surface area contributed by atoms with E-state index in [1.807, 2.05) is 0 Å². The van der Waals surface area contributed by atoms with E-state index in [-0.39, 0.29) is 18.2 Å². The van der Waals surface area contributed by atoms with Crippen LogP contribution in [0.4, 0.5) is 52.7 Å². The summed E-state index contributed by atoms with van der Waals surface area (Å²) in [5.74, 6) is -32.7. The Hall–Kier alpha value is -2.69. The van der Waals surface area contributed by atoms with E-state index in [0.717, 1.165) is 0 Å². The fourth-order valence-corrected chi connectivity index (χ4v) is 10.9. The third-order valence-electron chi connectivity index (χ3n) is 7.40. The van der Waals surface area contributed by atoms with Crippen molar-refractivity contribution in [1.82, 2.24) is 0 Å². The van der Waals surface area contributed by atoms with Crippen molar-refractivity contribution in [3.63, 3.8) is 0 Å². The second-order valence-electron chi connectivity index (χ2n) is 8.63. The van der Waals surface area contributed by atoms with Crippen LogP contribution < -0.4 is 16.4 Å². The lowest BCUT2D eigenvalue weighted by molar-refractivity contribution is 0.456. The smallest absolute Gasteiger partial charge is 0.207 e. The number of halogens is 12. The van der Waals surface area contributed by atoms with E-state index in [9.17, 15) is 26.3 Å². The van der Waals surface area contributed by atoms with Gasteiger partial charge in [0.15, 0.2) is 34.9 Å². The van der Waals surface area contributed by atoms with Crippen LogP contribution in [-0.2, 0) is 0 Å². The minimum absolute atomic E-state index is 0.323. The van der Waals surface area contributed by atoms with Crippen molar-refractivity contribution in [1.29, 1.82) is 0 Å². The molecule has 0 nitrogen and oxygen atoms in total. The molecule has 0 saturated heterocycles. The number of benzene rings is 3. The van der Waals surface area contributed by atoms with Gasteiger partial charge in [0.2, 0.25) is 0 Å². The van der Waals surface area contributed by atoms with E-state index in [1.165, 1.54) is 20.8 Å². The molecule has 3 aromatic rings.